The van der Waals surface area contributed by atoms with Crippen LogP contribution >= 0.6 is 0 Å². The molecule has 0 aliphatic carbocycles. The molecule has 7 nitrogen and oxygen atoms in total. The molecule has 3 heterocycles. The van der Waals surface area contributed by atoms with Crippen molar-refractivity contribution in [3.63, 3.8) is 0 Å². The zero-order valence-corrected chi connectivity index (χ0v) is 15.7. The third-order valence-electron chi connectivity index (χ3n) is 5.07. The molecule has 2 fully saturated rings. The van der Waals surface area contributed by atoms with Crippen LogP contribution in [-0.2, 0) is 4.79 Å². The fourth-order valence-electron chi connectivity index (χ4n) is 4.01. The second-order valence-electron chi connectivity index (χ2n) is 7.02. The van der Waals surface area contributed by atoms with E-state index in [2.05, 4.69) is 16.5 Å². The second-order valence-corrected chi connectivity index (χ2v) is 7.02. The van der Waals surface area contributed by atoms with Crippen molar-refractivity contribution in [1.29, 1.82) is 0 Å². The molecule has 0 bridgehead atoms. The van der Waals surface area contributed by atoms with Crippen LogP contribution in [0.25, 0.3) is 10.9 Å². The average molecular weight is 411 g/mol. The molecule has 156 valence electrons. The van der Waals surface area contributed by atoms with Crippen molar-refractivity contribution in [2.45, 2.75) is 24.6 Å². The molecule has 0 unspecified atom stereocenters. The third-order valence-corrected chi connectivity index (χ3v) is 5.07. The lowest BCUT2D eigenvalue weighted by atomic mass is 9.93. The average Bonchev–Trinajstić information content (AvgIpc) is 3.11. The predicted molar refractivity (Wildman–Crippen MR) is 97.8 cm³/mol. The molecule has 4 rings (SSSR count). The van der Waals surface area contributed by atoms with Crippen molar-refractivity contribution in [2.24, 2.45) is 0 Å². The van der Waals surface area contributed by atoms with E-state index in [1.807, 2.05) is 4.90 Å². The molecule has 0 radical (unpaired) electrons. The molecule has 1 aromatic heterocycles. The SMILES string of the molecule is C=C1CN2C[C@@H](F)C[C@@]2(COc2ncc3c(OC)c(F)cc(F)c3n2)C1.O=CO. The van der Waals surface area contributed by atoms with Gasteiger partial charge in [0, 0.05) is 31.8 Å². The van der Waals surface area contributed by atoms with Crippen LogP contribution in [0.5, 0.6) is 11.8 Å². The normalized spacial score (nSPS) is 23.4. The summed E-state index contributed by atoms with van der Waals surface area (Å²) in [6.07, 6.45) is 1.36. The zero-order chi connectivity index (χ0) is 21.2. The molecule has 0 saturated carbocycles. The Kier molecular flexibility index (Phi) is 5.92. The number of ether oxygens (including phenoxy) is 2. The van der Waals surface area contributed by atoms with E-state index in [4.69, 9.17) is 19.4 Å². The van der Waals surface area contributed by atoms with Crippen LogP contribution in [0.2, 0.25) is 0 Å². The van der Waals surface area contributed by atoms with Crippen LogP contribution < -0.4 is 9.47 Å². The quantitative estimate of drug-likeness (QED) is 0.612. The van der Waals surface area contributed by atoms with Gasteiger partial charge in [0.2, 0.25) is 0 Å². The number of halogens is 3. The lowest BCUT2D eigenvalue weighted by molar-refractivity contribution is -0.122. The highest BCUT2D eigenvalue weighted by Crippen LogP contribution is 2.42. The number of rotatable bonds is 4. The van der Waals surface area contributed by atoms with Crippen LogP contribution in [0, 0.1) is 11.6 Å². The molecular weight excluding hydrogens is 391 g/mol. The first-order valence-corrected chi connectivity index (χ1v) is 8.78. The highest BCUT2D eigenvalue weighted by atomic mass is 19.1. The topological polar surface area (TPSA) is 84.8 Å². The third kappa shape index (κ3) is 3.98. The smallest absolute Gasteiger partial charge is 0.317 e. The van der Waals surface area contributed by atoms with Gasteiger partial charge < -0.3 is 14.6 Å². The van der Waals surface area contributed by atoms with Crippen molar-refractivity contribution < 1.29 is 32.5 Å². The molecular formula is C19H20F3N3O4. The van der Waals surface area contributed by atoms with Crippen LogP contribution in [0.15, 0.2) is 24.4 Å². The molecule has 2 atom stereocenters. The number of hydrogen-bond acceptors (Lipinski definition) is 6. The Morgan fingerprint density at radius 2 is 2.17 bits per heavy atom. The lowest BCUT2D eigenvalue weighted by Gasteiger charge is -2.30. The summed E-state index contributed by atoms with van der Waals surface area (Å²) in [5.41, 5.74) is 0.479. The molecule has 1 aromatic carbocycles. The summed E-state index contributed by atoms with van der Waals surface area (Å²) in [5.74, 6) is -1.78. The van der Waals surface area contributed by atoms with E-state index in [0.29, 0.717) is 32.0 Å². The number of carboxylic acid groups (broad SMARTS) is 1. The van der Waals surface area contributed by atoms with Gasteiger partial charge in [0.15, 0.2) is 17.4 Å². The number of benzene rings is 1. The van der Waals surface area contributed by atoms with Gasteiger partial charge in [-0.2, -0.15) is 4.98 Å². The standard InChI is InChI=1S/C18H18F3N3O2.CH2O2/c1-10-4-18(5-11(19)8-24(18)7-10)9-26-17-22-6-12-15(23-17)13(20)3-14(21)16(12)25-2;2-1-3/h3,6,11H,1,4-5,7-9H2,2H3;1H,(H,2,3)/t11-,18+;/m0./s1. The fraction of sp³-hybridized carbons (Fsp3) is 0.421. The highest BCUT2D eigenvalue weighted by Gasteiger charge is 2.50. The van der Waals surface area contributed by atoms with Crippen LogP contribution in [0.4, 0.5) is 13.2 Å². The van der Waals surface area contributed by atoms with Crippen molar-refractivity contribution >= 4 is 17.4 Å². The monoisotopic (exact) mass is 411 g/mol. The first kappa shape index (κ1) is 20.8. The van der Waals surface area contributed by atoms with Gasteiger partial charge in [0.05, 0.1) is 18.0 Å². The number of nitrogens with zero attached hydrogens (tertiary/aromatic N) is 3. The Morgan fingerprint density at radius 1 is 1.45 bits per heavy atom. The van der Waals surface area contributed by atoms with Crippen LogP contribution in [0.1, 0.15) is 12.8 Å². The van der Waals surface area contributed by atoms with Gasteiger partial charge in [0.25, 0.3) is 6.47 Å². The van der Waals surface area contributed by atoms with E-state index >= 15 is 0 Å². The van der Waals surface area contributed by atoms with E-state index in [9.17, 15) is 13.2 Å². The minimum absolute atomic E-state index is 0.0424. The van der Waals surface area contributed by atoms with Gasteiger partial charge in [0.1, 0.15) is 18.3 Å². The number of hydrogen-bond donors (Lipinski definition) is 1. The molecule has 29 heavy (non-hydrogen) atoms. The Balaban J connectivity index is 0.000000755. The summed E-state index contributed by atoms with van der Waals surface area (Å²) >= 11 is 0. The summed E-state index contributed by atoms with van der Waals surface area (Å²) in [6.45, 7) is 4.92. The maximum absolute atomic E-state index is 14.1. The number of fused-ring (bicyclic) bond motifs is 2. The molecule has 0 amide bonds. The molecule has 1 N–H and O–H groups in total. The first-order chi connectivity index (χ1) is 13.8. The molecule has 0 spiro atoms. The van der Waals surface area contributed by atoms with E-state index in [1.165, 1.54) is 13.3 Å². The van der Waals surface area contributed by atoms with E-state index in [1.54, 1.807) is 0 Å². The van der Waals surface area contributed by atoms with Gasteiger partial charge in [-0.05, 0) is 6.42 Å². The summed E-state index contributed by atoms with van der Waals surface area (Å²) < 4.78 is 52.3. The molecule has 2 aromatic rings. The minimum atomic E-state index is -0.908. The minimum Gasteiger partial charge on any atom is -0.493 e. The van der Waals surface area contributed by atoms with Gasteiger partial charge in [-0.3, -0.25) is 9.69 Å². The van der Waals surface area contributed by atoms with E-state index in [0.717, 1.165) is 5.57 Å². The molecule has 2 saturated heterocycles. The fourth-order valence-corrected chi connectivity index (χ4v) is 4.01. The maximum Gasteiger partial charge on any atom is 0.317 e. The summed E-state index contributed by atoms with van der Waals surface area (Å²) in [7, 11) is 1.29. The van der Waals surface area contributed by atoms with Gasteiger partial charge in [-0.25, -0.2) is 18.2 Å². The number of carbonyl (C=O) groups is 1. The number of aromatic nitrogens is 2. The van der Waals surface area contributed by atoms with Gasteiger partial charge >= 0.3 is 6.01 Å². The number of methoxy groups -OCH3 is 1. The summed E-state index contributed by atoms with van der Waals surface area (Å²) in [5, 5.41) is 7.01. The Labute approximate surface area is 164 Å². The summed E-state index contributed by atoms with van der Waals surface area (Å²) in [4.78, 5) is 18.5. The van der Waals surface area contributed by atoms with Crippen LogP contribution in [0.3, 0.4) is 0 Å². The van der Waals surface area contributed by atoms with Gasteiger partial charge in [-0.1, -0.05) is 12.2 Å². The van der Waals surface area contributed by atoms with E-state index in [-0.39, 0.29) is 35.7 Å². The zero-order valence-electron chi connectivity index (χ0n) is 15.7. The van der Waals surface area contributed by atoms with Crippen molar-refractivity contribution in [3.05, 3.63) is 36.0 Å². The Hall–Kier alpha value is -2.88. The Morgan fingerprint density at radius 3 is 2.86 bits per heavy atom. The van der Waals surface area contributed by atoms with E-state index < -0.39 is 23.3 Å². The molecule has 2 aliphatic heterocycles. The highest BCUT2D eigenvalue weighted by molar-refractivity contribution is 5.85. The lowest BCUT2D eigenvalue weighted by Crippen LogP contribution is -2.43. The first-order valence-electron chi connectivity index (χ1n) is 8.78. The molecule has 2 aliphatic rings. The second kappa shape index (κ2) is 8.24. The predicted octanol–water partition coefficient (Wildman–Crippen LogP) is 2.74. The number of alkyl halides is 1. The maximum atomic E-state index is 14.1. The molecule has 10 heteroatoms. The van der Waals surface area contributed by atoms with Crippen LogP contribution in [-0.4, -0.2) is 65.0 Å². The summed E-state index contributed by atoms with van der Waals surface area (Å²) in [6, 6.07) is 0.670. The largest absolute Gasteiger partial charge is 0.493 e. The van der Waals surface area contributed by atoms with Crippen molar-refractivity contribution in [1.82, 2.24) is 14.9 Å². The van der Waals surface area contributed by atoms with Crippen molar-refractivity contribution in [2.75, 3.05) is 26.8 Å². The van der Waals surface area contributed by atoms with Crippen molar-refractivity contribution in [3.8, 4) is 11.8 Å². The Bertz CT molecular complexity index is 943. The van der Waals surface area contributed by atoms with Gasteiger partial charge in [-0.15, -0.1) is 0 Å².